The first-order valence-electron chi connectivity index (χ1n) is 12.8. The Morgan fingerprint density at radius 3 is 2.50 bits per heavy atom. The zero-order valence-corrected chi connectivity index (χ0v) is 20.8. The molecule has 2 fully saturated rings. The van der Waals surface area contributed by atoms with E-state index in [4.69, 9.17) is 14.5 Å². The van der Waals surface area contributed by atoms with Gasteiger partial charge in [0.15, 0.2) is 5.75 Å². The highest BCUT2D eigenvalue weighted by atomic mass is 19.1. The van der Waals surface area contributed by atoms with Crippen LogP contribution in [0.25, 0.3) is 22.0 Å². The van der Waals surface area contributed by atoms with E-state index in [0.29, 0.717) is 64.5 Å². The summed E-state index contributed by atoms with van der Waals surface area (Å²) in [6, 6.07) is 6.65. The number of ether oxygens (including phenoxy) is 2. The third kappa shape index (κ3) is 3.72. The fraction of sp³-hybridized carbons (Fsp3) is 0.370. The van der Waals surface area contributed by atoms with Crippen LogP contribution in [0.5, 0.6) is 11.6 Å². The molecule has 0 unspecified atom stereocenters. The summed E-state index contributed by atoms with van der Waals surface area (Å²) in [6.45, 7) is 2.60. The smallest absolute Gasteiger partial charge is 0.257 e. The predicted molar refractivity (Wildman–Crippen MR) is 139 cm³/mol. The van der Waals surface area contributed by atoms with Crippen LogP contribution in [0.3, 0.4) is 0 Å². The lowest BCUT2D eigenvalue weighted by molar-refractivity contribution is 0.165. The fourth-order valence-corrected chi connectivity index (χ4v) is 6.26. The number of aromatic amines is 1. The summed E-state index contributed by atoms with van der Waals surface area (Å²) in [5.74, 6) is 1.40. The number of fused-ring (bicyclic) bond motifs is 4. The van der Waals surface area contributed by atoms with Crippen LogP contribution in [-0.2, 0) is 0 Å². The standard InChI is InChI=1S/C27H26FN7O3/c1-15-20-18(3-2-16(21(20)28)17-4-10-29-23-22(17)37-12-13-38-23)32-25(31-15)35-27-8-6-26(14-27,7-9-27)34-24-30-11-5-19(36)33-24/h2-5,10-11H,6-9,12-14H2,1H3,(H,31,32,35)(H2,30,33,34,36). The molecule has 38 heavy (non-hydrogen) atoms. The van der Waals surface area contributed by atoms with E-state index < -0.39 is 5.82 Å². The fourth-order valence-electron chi connectivity index (χ4n) is 6.26. The number of hydrogen-bond acceptors (Lipinski definition) is 9. The number of rotatable bonds is 5. The van der Waals surface area contributed by atoms with Gasteiger partial charge in [-0.3, -0.25) is 9.78 Å². The molecule has 10 nitrogen and oxygen atoms in total. The first-order chi connectivity index (χ1) is 18.4. The highest BCUT2D eigenvalue weighted by molar-refractivity contribution is 5.89. The monoisotopic (exact) mass is 515 g/mol. The minimum absolute atomic E-state index is 0.146. The van der Waals surface area contributed by atoms with Crippen molar-refractivity contribution in [1.29, 1.82) is 0 Å². The molecule has 3 aromatic heterocycles. The number of halogens is 1. The third-order valence-electron chi connectivity index (χ3n) is 7.98. The summed E-state index contributed by atoms with van der Waals surface area (Å²) < 4.78 is 27.2. The van der Waals surface area contributed by atoms with Gasteiger partial charge in [-0.05, 0) is 57.2 Å². The Labute approximate surface area is 217 Å². The Bertz CT molecular complexity index is 1630. The number of aryl methyl sites for hydroxylation is 1. The van der Waals surface area contributed by atoms with Crippen molar-refractivity contribution < 1.29 is 13.9 Å². The van der Waals surface area contributed by atoms with Gasteiger partial charge in [-0.1, -0.05) is 0 Å². The summed E-state index contributed by atoms with van der Waals surface area (Å²) in [7, 11) is 0. The summed E-state index contributed by atoms with van der Waals surface area (Å²) >= 11 is 0. The van der Waals surface area contributed by atoms with Gasteiger partial charge in [0.2, 0.25) is 11.9 Å². The Hall–Kier alpha value is -4.28. The minimum Gasteiger partial charge on any atom is -0.484 e. The molecule has 2 aliphatic carbocycles. The van der Waals surface area contributed by atoms with E-state index in [-0.39, 0.29) is 16.6 Å². The zero-order valence-electron chi connectivity index (χ0n) is 20.8. The average Bonchev–Trinajstić information content (AvgIpc) is 3.43. The lowest BCUT2D eigenvalue weighted by Gasteiger charge is -2.29. The molecule has 0 saturated heterocycles. The molecule has 0 radical (unpaired) electrons. The molecule has 0 spiro atoms. The van der Waals surface area contributed by atoms with E-state index in [1.165, 1.54) is 12.3 Å². The minimum atomic E-state index is -0.401. The van der Waals surface area contributed by atoms with Crippen molar-refractivity contribution in [3.8, 4) is 22.8 Å². The van der Waals surface area contributed by atoms with Crippen molar-refractivity contribution in [3.63, 3.8) is 0 Å². The van der Waals surface area contributed by atoms with Crippen LogP contribution >= 0.6 is 0 Å². The van der Waals surface area contributed by atoms with Crippen LogP contribution in [0, 0.1) is 12.7 Å². The Morgan fingerprint density at radius 2 is 1.68 bits per heavy atom. The molecule has 2 bridgehead atoms. The van der Waals surface area contributed by atoms with Crippen molar-refractivity contribution in [3.05, 3.63) is 58.5 Å². The Kier molecular flexibility index (Phi) is 5.04. The Balaban J connectivity index is 1.18. The SMILES string of the molecule is Cc1nc(NC23CCC(Nc4nccc(=O)[nH]4)(CC2)C3)nc2ccc(-c3ccnc4c3OCCO4)c(F)c12. The molecule has 7 rings (SSSR count). The molecule has 0 atom stereocenters. The molecule has 1 aromatic carbocycles. The molecule has 3 N–H and O–H groups in total. The van der Waals surface area contributed by atoms with E-state index in [2.05, 4.69) is 30.6 Å². The van der Waals surface area contributed by atoms with E-state index in [9.17, 15) is 4.79 Å². The number of aromatic nitrogens is 5. The van der Waals surface area contributed by atoms with Crippen LogP contribution < -0.4 is 25.7 Å². The second-order valence-corrected chi connectivity index (χ2v) is 10.4. The van der Waals surface area contributed by atoms with Crippen molar-refractivity contribution in [1.82, 2.24) is 24.9 Å². The summed E-state index contributed by atoms with van der Waals surface area (Å²) in [5, 5.41) is 7.43. The van der Waals surface area contributed by atoms with Gasteiger partial charge in [-0.25, -0.2) is 24.3 Å². The molecule has 3 aliphatic rings. The number of nitrogens with zero attached hydrogens (tertiary/aromatic N) is 4. The van der Waals surface area contributed by atoms with Gasteiger partial charge in [0.05, 0.1) is 16.6 Å². The molecule has 4 heterocycles. The largest absolute Gasteiger partial charge is 0.484 e. The van der Waals surface area contributed by atoms with Gasteiger partial charge in [0.25, 0.3) is 11.4 Å². The Morgan fingerprint density at radius 1 is 0.921 bits per heavy atom. The van der Waals surface area contributed by atoms with Crippen molar-refractivity contribution in [2.24, 2.45) is 0 Å². The number of benzene rings is 1. The lowest BCUT2D eigenvalue weighted by atomic mass is 9.91. The summed E-state index contributed by atoms with van der Waals surface area (Å²) in [5.41, 5.74) is 1.57. The van der Waals surface area contributed by atoms with Gasteiger partial charge in [0, 0.05) is 40.7 Å². The van der Waals surface area contributed by atoms with E-state index in [0.717, 1.165) is 32.1 Å². The van der Waals surface area contributed by atoms with Crippen LogP contribution in [0.4, 0.5) is 16.3 Å². The van der Waals surface area contributed by atoms with Crippen LogP contribution in [0.15, 0.2) is 41.5 Å². The van der Waals surface area contributed by atoms with Gasteiger partial charge >= 0.3 is 0 Å². The van der Waals surface area contributed by atoms with E-state index in [1.807, 2.05) is 6.07 Å². The number of H-pyrrole nitrogens is 1. The zero-order chi connectivity index (χ0) is 25.9. The summed E-state index contributed by atoms with van der Waals surface area (Å²) in [6.07, 6.45) is 7.68. The maximum atomic E-state index is 15.9. The molecule has 1 aliphatic heterocycles. The number of hydrogen-bond donors (Lipinski definition) is 3. The van der Waals surface area contributed by atoms with Crippen molar-refractivity contribution in [2.75, 3.05) is 23.8 Å². The van der Waals surface area contributed by atoms with Gasteiger partial charge in [-0.2, -0.15) is 0 Å². The van der Waals surface area contributed by atoms with Crippen LogP contribution in [0.1, 0.15) is 37.8 Å². The predicted octanol–water partition coefficient (Wildman–Crippen LogP) is 3.97. The van der Waals surface area contributed by atoms with Gasteiger partial charge in [0.1, 0.15) is 19.0 Å². The molecular formula is C27H26FN7O3. The topological polar surface area (TPSA) is 127 Å². The van der Waals surface area contributed by atoms with E-state index in [1.54, 1.807) is 25.3 Å². The van der Waals surface area contributed by atoms with Gasteiger partial charge < -0.3 is 20.1 Å². The van der Waals surface area contributed by atoms with Crippen LogP contribution in [0.2, 0.25) is 0 Å². The normalized spacial score (nSPS) is 23.5. The van der Waals surface area contributed by atoms with Crippen molar-refractivity contribution >= 4 is 22.8 Å². The van der Waals surface area contributed by atoms with Crippen molar-refractivity contribution in [2.45, 2.75) is 50.1 Å². The number of anilines is 2. The third-order valence-corrected chi connectivity index (χ3v) is 7.98. The lowest BCUT2D eigenvalue weighted by Crippen LogP contribution is -2.34. The second-order valence-electron chi connectivity index (χ2n) is 10.4. The number of pyridine rings is 1. The van der Waals surface area contributed by atoms with E-state index >= 15 is 4.39 Å². The number of nitrogens with one attached hydrogen (secondary N) is 3. The molecule has 11 heteroatoms. The van der Waals surface area contributed by atoms with Gasteiger partial charge in [-0.15, -0.1) is 0 Å². The molecule has 2 saturated carbocycles. The molecule has 0 amide bonds. The average molecular weight is 516 g/mol. The first kappa shape index (κ1) is 22.9. The maximum Gasteiger partial charge on any atom is 0.257 e. The highest BCUT2D eigenvalue weighted by Gasteiger charge is 2.55. The highest BCUT2D eigenvalue weighted by Crippen LogP contribution is 2.53. The molecule has 4 aromatic rings. The molecular weight excluding hydrogens is 489 g/mol. The first-order valence-corrected chi connectivity index (χ1v) is 12.8. The second kappa shape index (κ2) is 8.37. The summed E-state index contributed by atoms with van der Waals surface area (Å²) in [4.78, 5) is 32.3. The maximum absolute atomic E-state index is 15.9. The van der Waals surface area contributed by atoms with Crippen LogP contribution in [-0.4, -0.2) is 49.2 Å². The quantitative estimate of drug-likeness (QED) is 0.362. The molecule has 194 valence electrons.